The van der Waals surface area contributed by atoms with E-state index in [1.54, 1.807) is 5.57 Å². The van der Waals surface area contributed by atoms with E-state index < -0.39 is 0 Å². The highest BCUT2D eigenvalue weighted by Gasteiger charge is 2.44. The van der Waals surface area contributed by atoms with Crippen molar-refractivity contribution in [2.45, 2.75) is 51.6 Å². The first-order valence-electron chi connectivity index (χ1n) is 6.39. The average molecular weight is 204 g/mol. The Balaban J connectivity index is 1.63. The zero-order chi connectivity index (χ0) is 10.3. The van der Waals surface area contributed by atoms with Crippen molar-refractivity contribution in [3.8, 4) is 0 Å². The highest BCUT2D eigenvalue weighted by molar-refractivity contribution is 5.32. The smallest absolute Gasteiger partial charge is 0.100 e. The van der Waals surface area contributed by atoms with E-state index in [-0.39, 0.29) is 0 Å². The van der Waals surface area contributed by atoms with Crippen molar-refractivity contribution in [3.05, 3.63) is 23.5 Å². The molecule has 0 saturated heterocycles. The molecule has 0 bridgehead atoms. The Morgan fingerprint density at radius 1 is 1.07 bits per heavy atom. The highest BCUT2D eigenvalue weighted by atomic mass is 16.5. The van der Waals surface area contributed by atoms with Gasteiger partial charge in [0.05, 0.1) is 6.10 Å². The lowest BCUT2D eigenvalue weighted by Gasteiger charge is -2.25. The molecule has 1 heteroatoms. The molecule has 2 unspecified atom stereocenters. The van der Waals surface area contributed by atoms with E-state index >= 15 is 0 Å². The predicted molar refractivity (Wildman–Crippen MR) is 61.4 cm³/mol. The highest BCUT2D eigenvalue weighted by Crippen LogP contribution is 2.51. The Kier molecular flexibility index (Phi) is 2.34. The van der Waals surface area contributed by atoms with Crippen LogP contribution in [0.15, 0.2) is 23.5 Å². The van der Waals surface area contributed by atoms with Gasteiger partial charge in [0.25, 0.3) is 0 Å². The van der Waals surface area contributed by atoms with E-state index in [2.05, 4.69) is 19.1 Å². The van der Waals surface area contributed by atoms with Crippen LogP contribution in [0.25, 0.3) is 0 Å². The molecule has 0 aliphatic heterocycles. The van der Waals surface area contributed by atoms with E-state index in [0.29, 0.717) is 6.10 Å². The van der Waals surface area contributed by atoms with Crippen molar-refractivity contribution in [2.24, 2.45) is 11.8 Å². The monoisotopic (exact) mass is 204 g/mol. The second kappa shape index (κ2) is 3.70. The van der Waals surface area contributed by atoms with Crippen molar-refractivity contribution < 1.29 is 4.74 Å². The molecule has 15 heavy (non-hydrogen) atoms. The molecule has 0 aromatic heterocycles. The predicted octanol–water partition coefficient (Wildman–Crippen LogP) is 3.82. The van der Waals surface area contributed by atoms with Gasteiger partial charge in [-0.3, -0.25) is 0 Å². The number of hydrogen-bond donors (Lipinski definition) is 0. The molecule has 2 atom stereocenters. The van der Waals surface area contributed by atoms with E-state index in [1.807, 2.05) is 0 Å². The Morgan fingerprint density at radius 3 is 2.67 bits per heavy atom. The number of rotatable bonds is 2. The number of allylic oxidation sites excluding steroid dienone is 4. The maximum Gasteiger partial charge on any atom is 0.100 e. The zero-order valence-corrected chi connectivity index (χ0v) is 9.54. The second-order valence-electron chi connectivity index (χ2n) is 5.31. The first-order chi connectivity index (χ1) is 7.34. The van der Waals surface area contributed by atoms with Gasteiger partial charge in [-0.05, 0) is 51.0 Å². The molecular formula is C14H20O. The molecular weight excluding hydrogens is 184 g/mol. The largest absolute Gasteiger partial charge is 0.494 e. The molecule has 0 aromatic carbocycles. The van der Waals surface area contributed by atoms with Gasteiger partial charge in [-0.25, -0.2) is 0 Å². The average Bonchev–Trinajstić information content (AvgIpc) is 3.05. The van der Waals surface area contributed by atoms with Gasteiger partial charge in [-0.15, -0.1) is 0 Å². The lowest BCUT2D eigenvalue weighted by Crippen LogP contribution is -2.17. The van der Waals surface area contributed by atoms with Crippen molar-refractivity contribution in [1.82, 2.24) is 0 Å². The number of ether oxygens (including phenoxy) is 1. The Bertz CT molecular complexity index is 307. The molecule has 3 aliphatic rings. The van der Waals surface area contributed by atoms with Crippen LogP contribution in [-0.4, -0.2) is 6.10 Å². The lowest BCUT2D eigenvalue weighted by molar-refractivity contribution is 0.0723. The maximum absolute atomic E-state index is 6.15. The van der Waals surface area contributed by atoms with Gasteiger partial charge in [0.2, 0.25) is 0 Å². The summed E-state index contributed by atoms with van der Waals surface area (Å²) < 4.78 is 6.15. The fourth-order valence-corrected chi connectivity index (χ4v) is 2.98. The number of fused-ring (bicyclic) bond motifs is 1. The van der Waals surface area contributed by atoms with Crippen molar-refractivity contribution in [3.63, 3.8) is 0 Å². The van der Waals surface area contributed by atoms with Crippen LogP contribution in [-0.2, 0) is 4.74 Å². The van der Waals surface area contributed by atoms with Crippen molar-refractivity contribution in [1.29, 1.82) is 0 Å². The molecule has 2 saturated carbocycles. The molecule has 2 fully saturated rings. The van der Waals surface area contributed by atoms with Crippen LogP contribution >= 0.6 is 0 Å². The van der Waals surface area contributed by atoms with Crippen LogP contribution in [0.4, 0.5) is 0 Å². The van der Waals surface area contributed by atoms with Gasteiger partial charge in [0, 0.05) is 5.92 Å². The van der Waals surface area contributed by atoms with Crippen LogP contribution in [0.1, 0.15) is 45.4 Å². The van der Waals surface area contributed by atoms with E-state index in [0.717, 1.165) is 11.8 Å². The van der Waals surface area contributed by atoms with Gasteiger partial charge in [0.1, 0.15) is 5.76 Å². The van der Waals surface area contributed by atoms with Gasteiger partial charge in [0.15, 0.2) is 0 Å². The zero-order valence-electron chi connectivity index (χ0n) is 9.54. The minimum Gasteiger partial charge on any atom is -0.494 e. The quantitative estimate of drug-likeness (QED) is 0.664. The fourth-order valence-electron chi connectivity index (χ4n) is 2.98. The molecule has 0 radical (unpaired) electrons. The first-order valence-corrected chi connectivity index (χ1v) is 6.39. The molecule has 3 aliphatic carbocycles. The molecule has 0 spiro atoms. The summed E-state index contributed by atoms with van der Waals surface area (Å²) in [5.41, 5.74) is 1.55. The molecule has 0 heterocycles. The second-order valence-corrected chi connectivity index (χ2v) is 5.31. The molecule has 0 amide bonds. The molecule has 0 N–H and O–H groups in total. The van der Waals surface area contributed by atoms with Crippen molar-refractivity contribution in [2.75, 3.05) is 0 Å². The summed E-state index contributed by atoms with van der Waals surface area (Å²) in [6.45, 7) is 2.25. The van der Waals surface area contributed by atoms with Crippen LogP contribution in [0.2, 0.25) is 0 Å². The standard InChI is InChI=1S/C14H20O/c1-10-7-8-14(13-9-12(10)13)15-11-5-3-2-4-6-11/h7-8,11-13H,2-6,9H2,1H3. The summed E-state index contributed by atoms with van der Waals surface area (Å²) in [6.07, 6.45) is 13.0. The van der Waals surface area contributed by atoms with Gasteiger partial charge in [-0.2, -0.15) is 0 Å². The summed E-state index contributed by atoms with van der Waals surface area (Å²) >= 11 is 0. The normalized spacial score (nSPS) is 35.3. The van der Waals surface area contributed by atoms with Crippen LogP contribution < -0.4 is 0 Å². The molecule has 1 nitrogen and oxygen atoms in total. The van der Waals surface area contributed by atoms with Gasteiger partial charge in [-0.1, -0.05) is 18.1 Å². The Hall–Kier alpha value is -0.720. The van der Waals surface area contributed by atoms with E-state index in [9.17, 15) is 0 Å². The third-order valence-electron chi connectivity index (χ3n) is 4.11. The SMILES string of the molecule is CC1=CC=C(OC2CCCCC2)C2CC12. The first kappa shape index (κ1) is 9.50. The van der Waals surface area contributed by atoms with Crippen LogP contribution in [0, 0.1) is 11.8 Å². The summed E-state index contributed by atoms with van der Waals surface area (Å²) in [6, 6.07) is 0. The minimum atomic E-state index is 0.526. The fraction of sp³-hybridized carbons (Fsp3) is 0.714. The summed E-state index contributed by atoms with van der Waals surface area (Å²) in [5, 5.41) is 0. The molecule has 3 rings (SSSR count). The number of hydrogen-bond acceptors (Lipinski definition) is 1. The maximum atomic E-state index is 6.15. The van der Waals surface area contributed by atoms with Gasteiger partial charge >= 0.3 is 0 Å². The van der Waals surface area contributed by atoms with Crippen LogP contribution in [0.3, 0.4) is 0 Å². The topological polar surface area (TPSA) is 9.23 Å². The molecule has 82 valence electrons. The Morgan fingerprint density at radius 2 is 1.87 bits per heavy atom. The van der Waals surface area contributed by atoms with E-state index in [4.69, 9.17) is 4.74 Å². The summed E-state index contributed by atoms with van der Waals surface area (Å²) in [5.74, 6) is 2.86. The van der Waals surface area contributed by atoms with E-state index in [1.165, 1.54) is 44.3 Å². The van der Waals surface area contributed by atoms with Crippen LogP contribution in [0.5, 0.6) is 0 Å². The van der Waals surface area contributed by atoms with Crippen molar-refractivity contribution >= 4 is 0 Å². The molecule has 0 aromatic rings. The lowest BCUT2D eigenvalue weighted by atomic mass is 9.97. The minimum absolute atomic E-state index is 0.526. The Labute approximate surface area is 92.2 Å². The summed E-state index contributed by atoms with van der Waals surface area (Å²) in [7, 11) is 0. The van der Waals surface area contributed by atoms with Gasteiger partial charge < -0.3 is 4.74 Å². The summed E-state index contributed by atoms with van der Waals surface area (Å²) in [4.78, 5) is 0. The third-order valence-corrected chi connectivity index (χ3v) is 4.11. The third kappa shape index (κ3) is 1.84.